The van der Waals surface area contributed by atoms with E-state index in [0.29, 0.717) is 5.75 Å². The summed E-state index contributed by atoms with van der Waals surface area (Å²) >= 11 is 0. The van der Waals surface area contributed by atoms with Crippen LogP contribution in [0.4, 0.5) is 4.39 Å². The molecule has 1 N–H and O–H groups in total. The number of hydrogen-bond acceptors (Lipinski definition) is 3. The van der Waals surface area contributed by atoms with E-state index in [2.05, 4.69) is 10.5 Å². The Morgan fingerprint density at radius 1 is 1.12 bits per heavy atom. The van der Waals surface area contributed by atoms with Gasteiger partial charge in [0, 0.05) is 11.1 Å². The number of nitrogens with zero attached hydrogens (tertiary/aromatic N) is 1. The Morgan fingerprint density at radius 2 is 1.96 bits per heavy atom. The molecule has 3 aromatic rings. The van der Waals surface area contributed by atoms with E-state index in [1.165, 1.54) is 24.4 Å². The Kier molecular flexibility index (Phi) is 4.52. The standard InChI is InChI=1S/C19H15FN2O2/c1-24-18-10-9-13-5-2-3-8-16(13)17(18)12-21-22-19(23)14-6-4-7-15(20)11-14/h2-12H,1H3,(H,22,23)/b21-12+. The zero-order valence-electron chi connectivity index (χ0n) is 13.0. The lowest BCUT2D eigenvalue weighted by molar-refractivity contribution is 0.0954. The summed E-state index contributed by atoms with van der Waals surface area (Å²) in [6.07, 6.45) is 1.53. The summed E-state index contributed by atoms with van der Waals surface area (Å²) in [5, 5.41) is 5.98. The number of carbonyl (C=O) groups is 1. The van der Waals surface area contributed by atoms with Gasteiger partial charge in [-0.05, 0) is 35.0 Å². The third-order valence-electron chi connectivity index (χ3n) is 3.60. The highest BCUT2D eigenvalue weighted by Gasteiger charge is 2.07. The quantitative estimate of drug-likeness (QED) is 0.587. The molecule has 0 heterocycles. The Bertz CT molecular complexity index is 922. The van der Waals surface area contributed by atoms with E-state index in [0.717, 1.165) is 22.4 Å². The molecule has 0 bridgehead atoms. The first kappa shape index (κ1) is 15.7. The van der Waals surface area contributed by atoms with Crippen LogP contribution in [0.2, 0.25) is 0 Å². The Balaban J connectivity index is 1.86. The van der Waals surface area contributed by atoms with Crippen molar-refractivity contribution in [3.05, 3.63) is 77.6 Å². The molecule has 3 rings (SSSR count). The van der Waals surface area contributed by atoms with Gasteiger partial charge in [-0.25, -0.2) is 9.82 Å². The largest absolute Gasteiger partial charge is 0.496 e. The van der Waals surface area contributed by atoms with E-state index >= 15 is 0 Å². The van der Waals surface area contributed by atoms with Crippen LogP contribution in [0.3, 0.4) is 0 Å². The van der Waals surface area contributed by atoms with Crippen molar-refractivity contribution in [2.75, 3.05) is 7.11 Å². The molecule has 0 saturated heterocycles. The first-order chi connectivity index (χ1) is 11.7. The Morgan fingerprint density at radius 3 is 2.75 bits per heavy atom. The lowest BCUT2D eigenvalue weighted by Gasteiger charge is -2.08. The van der Waals surface area contributed by atoms with Crippen LogP contribution in [0, 0.1) is 5.82 Å². The number of fused-ring (bicyclic) bond motifs is 1. The number of hydrogen-bond donors (Lipinski definition) is 1. The molecule has 0 atom stereocenters. The Labute approximate surface area is 138 Å². The lowest BCUT2D eigenvalue weighted by atomic mass is 10.0. The summed E-state index contributed by atoms with van der Waals surface area (Å²) < 4.78 is 18.5. The van der Waals surface area contributed by atoms with Gasteiger partial charge in [0.15, 0.2) is 0 Å². The third-order valence-corrected chi connectivity index (χ3v) is 3.60. The summed E-state index contributed by atoms with van der Waals surface area (Å²) in [6, 6.07) is 17.0. The van der Waals surface area contributed by atoms with E-state index in [1.807, 2.05) is 36.4 Å². The van der Waals surface area contributed by atoms with Crippen molar-refractivity contribution in [2.24, 2.45) is 5.10 Å². The van der Waals surface area contributed by atoms with Crippen molar-refractivity contribution in [3.8, 4) is 5.75 Å². The van der Waals surface area contributed by atoms with Gasteiger partial charge < -0.3 is 4.74 Å². The third kappa shape index (κ3) is 3.25. The molecule has 1 amide bonds. The maximum Gasteiger partial charge on any atom is 0.271 e. The topological polar surface area (TPSA) is 50.7 Å². The van der Waals surface area contributed by atoms with Crippen LogP contribution in [0.1, 0.15) is 15.9 Å². The molecule has 5 heteroatoms. The van der Waals surface area contributed by atoms with Gasteiger partial charge in [0.25, 0.3) is 5.91 Å². The monoisotopic (exact) mass is 322 g/mol. The summed E-state index contributed by atoms with van der Waals surface area (Å²) in [6.45, 7) is 0. The highest BCUT2D eigenvalue weighted by molar-refractivity contribution is 6.03. The van der Waals surface area contributed by atoms with E-state index < -0.39 is 11.7 Å². The maximum atomic E-state index is 13.2. The molecule has 0 aliphatic heterocycles. The van der Waals surface area contributed by atoms with Gasteiger partial charge in [0.05, 0.1) is 13.3 Å². The molecule has 0 aliphatic carbocycles. The van der Waals surface area contributed by atoms with Gasteiger partial charge in [-0.15, -0.1) is 0 Å². The average Bonchev–Trinajstić information content (AvgIpc) is 2.61. The van der Waals surface area contributed by atoms with Crippen LogP contribution in [0.5, 0.6) is 5.75 Å². The first-order valence-electron chi connectivity index (χ1n) is 7.34. The molecule has 4 nitrogen and oxygen atoms in total. The van der Waals surface area contributed by atoms with Gasteiger partial charge in [-0.2, -0.15) is 5.10 Å². The van der Waals surface area contributed by atoms with Crippen molar-refractivity contribution in [1.82, 2.24) is 5.43 Å². The second-order valence-electron chi connectivity index (χ2n) is 5.11. The highest BCUT2D eigenvalue weighted by atomic mass is 19.1. The fraction of sp³-hybridized carbons (Fsp3) is 0.0526. The zero-order valence-corrected chi connectivity index (χ0v) is 13.0. The smallest absolute Gasteiger partial charge is 0.271 e. The molecular formula is C19H15FN2O2. The van der Waals surface area contributed by atoms with E-state index in [4.69, 9.17) is 4.74 Å². The second-order valence-corrected chi connectivity index (χ2v) is 5.11. The number of benzene rings is 3. The molecule has 0 saturated carbocycles. The van der Waals surface area contributed by atoms with E-state index in [1.54, 1.807) is 7.11 Å². The molecule has 24 heavy (non-hydrogen) atoms. The highest BCUT2D eigenvalue weighted by Crippen LogP contribution is 2.26. The molecule has 0 spiro atoms. The van der Waals surface area contributed by atoms with Crippen molar-refractivity contribution in [2.45, 2.75) is 0 Å². The van der Waals surface area contributed by atoms with Crippen molar-refractivity contribution < 1.29 is 13.9 Å². The van der Waals surface area contributed by atoms with Gasteiger partial charge in [0.2, 0.25) is 0 Å². The first-order valence-corrected chi connectivity index (χ1v) is 7.34. The molecule has 0 unspecified atom stereocenters. The molecule has 0 fully saturated rings. The fourth-order valence-electron chi connectivity index (χ4n) is 2.44. The summed E-state index contributed by atoms with van der Waals surface area (Å²) in [5.41, 5.74) is 3.36. The molecule has 0 radical (unpaired) electrons. The average molecular weight is 322 g/mol. The summed E-state index contributed by atoms with van der Waals surface area (Å²) in [5.74, 6) is -0.301. The molecule has 3 aromatic carbocycles. The number of nitrogens with one attached hydrogen (secondary N) is 1. The minimum Gasteiger partial charge on any atom is -0.496 e. The summed E-state index contributed by atoms with van der Waals surface area (Å²) in [4.78, 5) is 12.0. The van der Waals surface area contributed by atoms with Gasteiger partial charge >= 0.3 is 0 Å². The minimum absolute atomic E-state index is 0.206. The van der Waals surface area contributed by atoms with Crippen molar-refractivity contribution in [1.29, 1.82) is 0 Å². The number of carbonyl (C=O) groups excluding carboxylic acids is 1. The fourth-order valence-corrected chi connectivity index (χ4v) is 2.44. The number of ether oxygens (including phenoxy) is 1. The maximum absolute atomic E-state index is 13.2. The second kappa shape index (κ2) is 6.91. The zero-order chi connectivity index (χ0) is 16.9. The predicted molar refractivity (Wildman–Crippen MR) is 92.0 cm³/mol. The molecule has 0 aliphatic rings. The van der Waals surface area contributed by atoms with Crippen molar-refractivity contribution >= 4 is 22.9 Å². The van der Waals surface area contributed by atoms with Crippen LogP contribution in [-0.4, -0.2) is 19.2 Å². The van der Waals surface area contributed by atoms with Crippen LogP contribution < -0.4 is 10.2 Å². The van der Waals surface area contributed by atoms with Gasteiger partial charge in [0.1, 0.15) is 11.6 Å². The number of methoxy groups -OCH3 is 1. The van der Waals surface area contributed by atoms with Crippen LogP contribution >= 0.6 is 0 Å². The number of hydrazone groups is 1. The van der Waals surface area contributed by atoms with Crippen LogP contribution in [-0.2, 0) is 0 Å². The summed E-state index contributed by atoms with van der Waals surface area (Å²) in [7, 11) is 1.58. The lowest BCUT2D eigenvalue weighted by Crippen LogP contribution is -2.17. The SMILES string of the molecule is COc1ccc2ccccc2c1/C=N/NC(=O)c1cccc(F)c1. The Hall–Kier alpha value is -3.21. The van der Waals surface area contributed by atoms with E-state index in [9.17, 15) is 9.18 Å². The predicted octanol–water partition coefficient (Wildman–Crippen LogP) is 3.75. The van der Waals surface area contributed by atoms with Crippen molar-refractivity contribution in [3.63, 3.8) is 0 Å². The van der Waals surface area contributed by atoms with Gasteiger partial charge in [-0.1, -0.05) is 36.4 Å². The molecule has 0 aromatic heterocycles. The number of amides is 1. The molecular weight excluding hydrogens is 307 g/mol. The van der Waals surface area contributed by atoms with Crippen LogP contribution in [0.25, 0.3) is 10.8 Å². The van der Waals surface area contributed by atoms with E-state index in [-0.39, 0.29) is 5.56 Å². The normalized spacial score (nSPS) is 10.9. The van der Waals surface area contributed by atoms with Crippen LogP contribution in [0.15, 0.2) is 65.8 Å². The number of rotatable bonds is 4. The minimum atomic E-state index is -0.482. The number of halogens is 1. The molecule has 120 valence electrons. The van der Waals surface area contributed by atoms with Gasteiger partial charge in [-0.3, -0.25) is 4.79 Å².